The van der Waals surface area contributed by atoms with Crippen LogP contribution in [0.25, 0.3) is 0 Å². The molecule has 0 aromatic carbocycles. The van der Waals surface area contributed by atoms with E-state index in [1.54, 1.807) is 13.8 Å². The number of carboxylic acids is 1. The topological polar surface area (TPSA) is 83.8 Å². The van der Waals surface area contributed by atoms with Crippen molar-refractivity contribution in [3.05, 3.63) is 0 Å². The Morgan fingerprint density at radius 3 is 2.36 bits per heavy atom. The van der Waals surface area contributed by atoms with E-state index in [1.807, 2.05) is 0 Å². The number of carbonyl (C=O) groups excluding carboxylic acids is 1. The fourth-order valence-corrected chi connectivity index (χ4v) is 1.09. The van der Waals surface area contributed by atoms with Gasteiger partial charge < -0.3 is 14.9 Å². The molecular weight excluding hydrogens is 188 g/mol. The van der Waals surface area contributed by atoms with Crippen molar-refractivity contribution in [2.75, 3.05) is 13.2 Å². The van der Waals surface area contributed by atoms with Gasteiger partial charge in [-0.1, -0.05) is 6.92 Å². The number of aliphatic hydroxyl groups excluding tert-OH is 1. The maximum Gasteiger partial charge on any atom is 0.309 e. The van der Waals surface area contributed by atoms with Crippen LogP contribution < -0.4 is 0 Å². The van der Waals surface area contributed by atoms with Crippen LogP contribution >= 0.6 is 0 Å². The number of carbonyl (C=O) groups is 2. The maximum atomic E-state index is 11.2. The highest BCUT2D eigenvalue weighted by Crippen LogP contribution is 2.16. The van der Waals surface area contributed by atoms with Crippen molar-refractivity contribution in [3.63, 3.8) is 0 Å². The lowest BCUT2D eigenvalue weighted by atomic mass is 9.92. The molecule has 0 radical (unpaired) electrons. The molecule has 0 aliphatic rings. The van der Waals surface area contributed by atoms with E-state index < -0.39 is 23.8 Å². The van der Waals surface area contributed by atoms with E-state index in [-0.39, 0.29) is 19.6 Å². The third-order valence-corrected chi connectivity index (χ3v) is 2.04. The minimum absolute atomic E-state index is 0.226. The molecule has 0 rings (SSSR count). The van der Waals surface area contributed by atoms with Crippen molar-refractivity contribution < 1.29 is 24.5 Å². The molecule has 0 aliphatic heterocycles. The SMILES string of the molecule is CCOC(=O)C(C)C(CO)CC(=O)O. The van der Waals surface area contributed by atoms with Crippen molar-refractivity contribution in [2.24, 2.45) is 11.8 Å². The molecule has 0 bridgehead atoms. The Bertz CT molecular complexity index is 201. The van der Waals surface area contributed by atoms with E-state index in [0.717, 1.165) is 0 Å². The highest BCUT2D eigenvalue weighted by Gasteiger charge is 2.26. The molecule has 0 saturated carbocycles. The minimum Gasteiger partial charge on any atom is -0.481 e. The van der Waals surface area contributed by atoms with E-state index in [1.165, 1.54) is 0 Å². The van der Waals surface area contributed by atoms with Crippen LogP contribution in [0.2, 0.25) is 0 Å². The number of hydrogen-bond acceptors (Lipinski definition) is 4. The number of rotatable bonds is 6. The molecule has 5 nitrogen and oxygen atoms in total. The lowest BCUT2D eigenvalue weighted by Gasteiger charge is -2.18. The number of ether oxygens (including phenoxy) is 1. The molecule has 2 N–H and O–H groups in total. The average molecular weight is 204 g/mol. The molecule has 82 valence electrons. The molecule has 0 aliphatic carbocycles. The molecule has 14 heavy (non-hydrogen) atoms. The second-order valence-electron chi connectivity index (χ2n) is 3.08. The Kier molecular flexibility index (Phi) is 5.87. The predicted octanol–water partition coefficient (Wildman–Crippen LogP) is 0.269. The Balaban J connectivity index is 4.22. The van der Waals surface area contributed by atoms with E-state index >= 15 is 0 Å². The first kappa shape index (κ1) is 12.9. The van der Waals surface area contributed by atoms with Crippen molar-refractivity contribution in [1.82, 2.24) is 0 Å². The number of hydrogen-bond donors (Lipinski definition) is 2. The van der Waals surface area contributed by atoms with Gasteiger partial charge in [-0.3, -0.25) is 9.59 Å². The molecule has 0 fully saturated rings. The highest BCUT2D eigenvalue weighted by atomic mass is 16.5. The quantitative estimate of drug-likeness (QED) is 0.607. The van der Waals surface area contributed by atoms with Crippen molar-refractivity contribution in [2.45, 2.75) is 20.3 Å². The fourth-order valence-electron chi connectivity index (χ4n) is 1.09. The van der Waals surface area contributed by atoms with Crippen LogP contribution in [0.4, 0.5) is 0 Å². The second-order valence-corrected chi connectivity index (χ2v) is 3.08. The van der Waals surface area contributed by atoms with Crippen LogP contribution in [0.15, 0.2) is 0 Å². The molecular formula is C9H16O5. The first-order valence-electron chi connectivity index (χ1n) is 4.52. The van der Waals surface area contributed by atoms with E-state index in [2.05, 4.69) is 0 Å². The van der Waals surface area contributed by atoms with E-state index in [0.29, 0.717) is 0 Å². The summed E-state index contributed by atoms with van der Waals surface area (Å²) in [6.45, 7) is 3.16. The Morgan fingerprint density at radius 1 is 1.43 bits per heavy atom. The van der Waals surface area contributed by atoms with Gasteiger partial charge in [0, 0.05) is 12.5 Å². The largest absolute Gasteiger partial charge is 0.481 e. The standard InChI is InChI=1S/C9H16O5/c1-3-14-9(13)6(2)7(5-10)4-8(11)12/h6-7,10H,3-5H2,1-2H3,(H,11,12). The predicted molar refractivity (Wildman–Crippen MR) is 48.6 cm³/mol. The molecule has 0 heterocycles. The van der Waals surface area contributed by atoms with Gasteiger partial charge in [0.2, 0.25) is 0 Å². The zero-order valence-electron chi connectivity index (χ0n) is 8.40. The van der Waals surface area contributed by atoms with Crippen LogP contribution in [-0.4, -0.2) is 35.4 Å². The van der Waals surface area contributed by atoms with Gasteiger partial charge in [0.15, 0.2) is 0 Å². The van der Waals surface area contributed by atoms with Crippen LogP contribution in [0.5, 0.6) is 0 Å². The lowest BCUT2D eigenvalue weighted by molar-refractivity contribution is -0.151. The minimum atomic E-state index is -1.03. The van der Waals surface area contributed by atoms with Gasteiger partial charge in [-0.2, -0.15) is 0 Å². The van der Waals surface area contributed by atoms with Crippen LogP contribution in [0, 0.1) is 11.8 Å². The average Bonchev–Trinajstić information content (AvgIpc) is 2.13. The monoisotopic (exact) mass is 204 g/mol. The molecule has 0 spiro atoms. The summed E-state index contributed by atoms with van der Waals surface area (Å²) in [6, 6.07) is 0. The van der Waals surface area contributed by atoms with E-state index in [4.69, 9.17) is 14.9 Å². The van der Waals surface area contributed by atoms with Gasteiger partial charge in [0.1, 0.15) is 0 Å². The van der Waals surface area contributed by atoms with Crippen molar-refractivity contribution >= 4 is 11.9 Å². The van der Waals surface area contributed by atoms with Gasteiger partial charge in [-0.25, -0.2) is 0 Å². The number of esters is 1. The summed E-state index contributed by atoms with van der Waals surface area (Å²) in [4.78, 5) is 21.6. The number of aliphatic carboxylic acids is 1. The summed E-state index contributed by atoms with van der Waals surface area (Å²) >= 11 is 0. The highest BCUT2D eigenvalue weighted by molar-refractivity contribution is 5.74. The maximum absolute atomic E-state index is 11.2. The summed E-state index contributed by atoms with van der Waals surface area (Å²) in [5.41, 5.74) is 0. The lowest BCUT2D eigenvalue weighted by Crippen LogP contribution is -2.27. The summed E-state index contributed by atoms with van der Waals surface area (Å²) in [5.74, 6) is -2.66. The third kappa shape index (κ3) is 4.23. The molecule has 0 saturated heterocycles. The van der Waals surface area contributed by atoms with Gasteiger partial charge >= 0.3 is 11.9 Å². The van der Waals surface area contributed by atoms with Crippen LogP contribution in [-0.2, 0) is 14.3 Å². The first-order chi connectivity index (χ1) is 6.52. The van der Waals surface area contributed by atoms with Gasteiger partial charge in [-0.15, -0.1) is 0 Å². The summed E-state index contributed by atoms with van der Waals surface area (Å²) < 4.78 is 4.73. The van der Waals surface area contributed by atoms with Crippen LogP contribution in [0.3, 0.4) is 0 Å². The second kappa shape index (κ2) is 6.37. The molecule has 5 heteroatoms. The summed E-state index contributed by atoms with van der Waals surface area (Å²) in [5, 5.41) is 17.4. The normalized spacial score (nSPS) is 14.5. The van der Waals surface area contributed by atoms with E-state index in [9.17, 15) is 9.59 Å². The fraction of sp³-hybridized carbons (Fsp3) is 0.778. The first-order valence-corrected chi connectivity index (χ1v) is 4.52. The Morgan fingerprint density at radius 2 is 2.00 bits per heavy atom. The smallest absolute Gasteiger partial charge is 0.309 e. The summed E-state index contributed by atoms with van der Waals surface area (Å²) in [6.07, 6.45) is -0.226. The summed E-state index contributed by atoms with van der Waals surface area (Å²) in [7, 11) is 0. The van der Waals surface area contributed by atoms with Crippen molar-refractivity contribution in [3.8, 4) is 0 Å². The number of carboxylic acid groups (broad SMARTS) is 1. The van der Waals surface area contributed by atoms with Crippen LogP contribution in [0.1, 0.15) is 20.3 Å². The zero-order chi connectivity index (χ0) is 11.1. The molecule has 2 atom stereocenters. The molecule has 0 aromatic rings. The zero-order valence-corrected chi connectivity index (χ0v) is 8.40. The molecule has 0 amide bonds. The molecule has 2 unspecified atom stereocenters. The van der Waals surface area contributed by atoms with Crippen molar-refractivity contribution in [1.29, 1.82) is 0 Å². The Labute approximate surface area is 82.7 Å². The Hall–Kier alpha value is -1.10. The van der Waals surface area contributed by atoms with Gasteiger partial charge in [0.05, 0.1) is 18.9 Å². The van der Waals surface area contributed by atoms with Gasteiger partial charge in [0.25, 0.3) is 0 Å². The number of aliphatic hydroxyl groups is 1. The molecule has 0 aromatic heterocycles. The third-order valence-electron chi connectivity index (χ3n) is 2.04. The van der Waals surface area contributed by atoms with Gasteiger partial charge in [-0.05, 0) is 6.92 Å².